The Morgan fingerprint density at radius 2 is 2.11 bits per heavy atom. The van der Waals surface area contributed by atoms with E-state index in [0.717, 1.165) is 17.7 Å². The fourth-order valence-electron chi connectivity index (χ4n) is 1.72. The molecule has 1 heterocycles. The van der Waals surface area contributed by atoms with Gasteiger partial charge >= 0.3 is 6.01 Å². The molecule has 102 valence electrons. The van der Waals surface area contributed by atoms with E-state index < -0.39 is 0 Å². The number of rotatable bonds is 7. The number of benzene rings is 1. The summed E-state index contributed by atoms with van der Waals surface area (Å²) in [5.74, 6) is 0.541. The van der Waals surface area contributed by atoms with E-state index in [4.69, 9.17) is 14.9 Å². The van der Waals surface area contributed by atoms with Gasteiger partial charge in [0.2, 0.25) is 5.89 Å². The van der Waals surface area contributed by atoms with E-state index in [0.29, 0.717) is 31.5 Å². The lowest BCUT2D eigenvalue weighted by Gasteiger charge is -2.08. The second-order valence-electron chi connectivity index (χ2n) is 4.06. The average Bonchev–Trinajstić information content (AvgIpc) is 2.86. The van der Waals surface area contributed by atoms with Crippen LogP contribution in [-0.2, 0) is 17.6 Å². The van der Waals surface area contributed by atoms with Gasteiger partial charge in [-0.05, 0) is 18.1 Å². The first-order valence-corrected chi connectivity index (χ1v) is 6.20. The van der Waals surface area contributed by atoms with Crippen LogP contribution in [-0.4, -0.2) is 30.5 Å². The van der Waals surface area contributed by atoms with Crippen LogP contribution in [0.2, 0.25) is 0 Å². The summed E-state index contributed by atoms with van der Waals surface area (Å²) >= 11 is 0. The number of hydrogen-bond acceptors (Lipinski definition) is 6. The average molecular weight is 262 g/mol. The van der Waals surface area contributed by atoms with E-state index in [2.05, 4.69) is 15.5 Å². The van der Waals surface area contributed by atoms with Crippen LogP contribution in [0.1, 0.15) is 11.5 Å². The Morgan fingerprint density at radius 3 is 2.89 bits per heavy atom. The fraction of sp³-hybridized carbons (Fsp3) is 0.385. The van der Waals surface area contributed by atoms with Gasteiger partial charge in [0.1, 0.15) is 0 Å². The number of nitrogens with two attached hydrogens (primary N) is 1. The normalized spacial score (nSPS) is 10.6. The predicted octanol–water partition coefficient (Wildman–Crippen LogP) is 1.50. The molecule has 6 heteroatoms. The van der Waals surface area contributed by atoms with E-state index in [1.54, 1.807) is 7.11 Å². The molecule has 0 aliphatic rings. The first-order chi connectivity index (χ1) is 9.33. The van der Waals surface area contributed by atoms with Gasteiger partial charge in [-0.3, -0.25) is 0 Å². The molecule has 0 unspecified atom stereocenters. The lowest BCUT2D eigenvalue weighted by atomic mass is 10.1. The number of anilines is 2. The molecule has 19 heavy (non-hydrogen) atoms. The van der Waals surface area contributed by atoms with Crippen molar-refractivity contribution in [1.82, 2.24) is 10.2 Å². The number of ether oxygens (including phenoxy) is 1. The molecular formula is C13H18N4O2. The number of para-hydroxylation sites is 1. The van der Waals surface area contributed by atoms with Crippen molar-refractivity contribution in [2.75, 3.05) is 25.6 Å². The van der Waals surface area contributed by atoms with Crippen molar-refractivity contribution in [2.24, 2.45) is 5.73 Å². The van der Waals surface area contributed by atoms with Crippen LogP contribution in [0.15, 0.2) is 28.7 Å². The maximum absolute atomic E-state index is 5.44. The smallest absolute Gasteiger partial charge is 0.320 e. The highest BCUT2D eigenvalue weighted by Crippen LogP contribution is 2.20. The highest BCUT2D eigenvalue weighted by atomic mass is 16.5. The second kappa shape index (κ2) is 6.86. The second-order valence-corrected chi connectivity index (χ2v) is 4.06. The SMILES string of the molecule is COCCc1ccccc1Nc1nnc(CCN)o1. The minimum Gasteiger partial charge on any atom is -0.408 e. The Hall–Kier alpha value is -1.92. The Balaban J connectivity index is 2.08. The van der Waals surface area contributed by atoms with Crippen molar-refractivity contribution < 1.29 is 9.15 Å². The van der Waals surface area contributed by atoms with Crippen molar-refractivity contribution >= 4 is 11.7 Å². The highest BCUT2D eigenvalue weighted by Gasteiger charge is 2.08. The first-order valence-electron chi connectivity index (χ1n) is 6.20. The maximum atomic E-state index is 5.44. The third-order valence-corrected chi connectivity index (χ3v) is 2.66. The van der Waals surface area contributed by atoms with Crippen molar-refractivity contribution in [3.8, 4) is 0 Å². The molecule has 0 saturated heterocycles. The monoisotopic (exact) mass is 262 g/mol. The summed E-state index contributed by atoms with van der Waals surface area (Å²) < 4.78 is 10.5. The minimum absolute atomic E-state index is 0.383. The van der Waals surface area contributed by atoms with Gasteiger partial charge in [0.05, 0.1) is 6.61 Å². The number of methoxy groups -OCH3 is 1. The largest absolute Gasteiger partial charge is 0.408 e. The van der Waals surface area contributed by atoms with Crippen molar-refractivity contribution in [3.05, 3.63) is 35.7 Å². The predicted molar refractivity (Wildman–Crippen MR) is 72.4 cm³/mol. The van der Waals surface area contributed by atoms with Gasteiger partial charge in [-0.2, -0.15) is 0 Å². The van der Waals surface area contributed by atoms with Crippen LogP contribution in [0.4, 0.5) is 11.7 Å². The van der Waals surface area contributed by atoms with Crippen molar-refractivity contribution in [3.63, 3.8) is 0 Å². The van der Waals surface area contributed by atoms with Crippen LogP contribution in [0, 0.1) is 0 Å². The quantitative estimate of drug-likeness (QED) is 0.786. The van der Waals surface area contributed by atoms with Crippen molar-refractivity contribution in [1.29, 1.82) is 0 Å². The summed E-state index contributed by atoms with van der Waals surface area (Å²) in [6.07, 6.45) is 1.41. The van der Waals surface area contributed by atoms with E-state index in [1.165, 1.54) is 0 Å². The van der Waals surface area contributed by atoms with Gasteiger partial charge in [-0.25, -0.2) is 0 Å². The summed E-state index contributed by atoms with van der Waals surface area (Å²) in [5.41, 5.74) is 7.53. The van der Waals surface area contributed by atoms with Gasteiger partial charge in [-0.15, -0.1) is 5.10 Å². The zero-order chi connectivity index (χ0) is 13.5. The fourth-order valence-corrected chi connectivity index (χ4v) is 1.72. The van der Waals surface area contributed by atoms with Gasteiger partial charge in [-0.1, -0.05) is 23.3 Å². The Labute approximate surface area is 112 Å². The Morgan fingerprint density at radius 1 is 1.26 bits per heavy atom. The van der Waals surface area contributed by atoms with Crippen LogP contribution >= 0.6 is 0 Å². The van der Waals surface area contributed by atoms with E-state index in [1.807, 2.05) is 24.3 Å². The number of aromatic nitrogens is 2. The van der Waals surface area contributed by atoms with Crippen LogP contribution < -0.4 is 11.1 Å². The zero-order valence-corrected chi connectivity index (χ0v) is 10.9. The molecule has 0 radical (unpaired) electrons. The lowest BCUT2D eigenvalue weighted by Crippen LogP contribution is -2.02. The molecule has 6 nitrogen and oxygen atoms in total. The molecule has 0 aliphatic carbocycles. The molecule has 0 fully saturated rings. The Kier molecular flexibility index (Phi) is 4.88. The molecule has 1 aromatic heterocycles. The summed E-state index contributed by atoms with van der Waals surface area (Å²) in [6.45, 7) is 1.16. The molecule has 0 atom stereocenters. The third-order valence-electron chi connectivity index (χ3n) is 2.66. The summed E-state index contributed by atoms with van der Waals surface area (Å²) in [5, 5.41) is 11.0. The van der Waals surface area contributed by atoms with Crippen molar-refractivity contribution in [2.45, 2.75) is 12.8 Å². The molecule has 1 aromatic carbocycles. The lowest BCUT2D eigenvalue weighted by molar-refractivity contribution is 0.202. The molecule has 0 aliphatic heterocycles. The molecule has 2 rings (SSSR count). The summed E-state index contributed by atoms with van der Waals surface area (Å²) in [4.78, 5) is 0. The van der Waals surface area contributed by atoms with Crippen LogP contribution in [0.25, 0.3) is 0 Å². The topological polar surface area (TPSA) is 86.2 Å². The molecule has 0 saturated carbocycles. The molecule has 0 amide bonds. The number of nitrogens with zero attached hydrogens (tertiary/aromatic N) is 2. The zero-order valence-electron chi connectivity index (χ0n) is 10.9. The molecule has 3 N–H and O–H groups in total. The first kappa shape index (κ1) is 13.5. The standard InChI is InChI=1S/C13H18N4O2/c1-18-9-7-10-4-2-3-5-11(10)15-13-17-16-12(19-13)6-8-14/h2-5H,6-9,14H2,1H3,(H,15,17). The molecule has 2 aromatic rings. The van der Waals surface area contributed by atoms with E-state index >= 15 is 0 Å². The van der Waals surface area contributed by atoms with Crippen LogP contribution in [0.3, 0.4) is 0 Å². The summed E-state index contributed by atoms with van der Waals surface area (Å²) in [6, 6.07) is 8.34. The summed E-state index contributed by atoms with van der Waals surface area (Å²) in [7, 11) is 1.69. The number of hydrogen-bond donors (Lipinski definition) is 2. The van der Waals surface area contributed by atoms with Gasteiger partial charge in [0.15, 0.2) is 0 Å². The molecule has 0 bridgehead atoms. The highest BCUT2D eigenvalue weighted by molar-refractivity contribution is 5.57. The third kappa shape index (κ3) is 3.77. The van der Waals surface area contributed by atoms with Crippen LogP contribution in [0.5, 0.6) is 0 Å². The van der Waals surface area contributed by atoms with E-state index in [9.17, 15) is 0 Å². The Bertz CT molecular complexity index is 513. The van der Waals surface area contributed by atoms with Gasteiger partial charge in [0, 0.05) is 25.8 Å². The minimum atomic E-state index is 0.383. The molecule has 0 spiro atoms. The number of nitrogens with one attached hydrogen (secondary N) is 1. The molecular weight excluding hydrogens is 244 g/mol. The van der Waals surface area contributed by atoms with E-state index in [-0.39, 0.29) is 0 Å². The van der Waals surface area contributed by atoms with Gasteiger partial charge in [0.25, 0.3) is 0 Å². The van der Waals surface area contributed by atoms with Gasteiger partial charge < -0.3 is 20.2 Å². The maximum Gasteiger partial charge on any atom is 0.320 e.